The zero-order valence-electron chi connectivity index (χ0n) is 20.9. The topological polar surface area (TPSA) is 60.0 Å². The first-order valence-electron chi connectivity index (χ1n) is 12.1. The zero-order chi connectivity index (χ0) is 24.8. The van der Waals surface area contributed by atoms with Crippen LogP contribution in [0.1, 0.15) is 33.6 Å². The molecule has 184 valence electrons. The van der Waals surface area contributed by atoms with Gasteiger partial charge in [0.2, 0.25) is 0 Å². The quantitative estimate of drug-likeness (QED) is 0.401. The fraction of sp³-hybridized carbons (Fsp3) is 0.345. The summed E-state index contributed by atoms with van der Waals surface area (Å²) < 4.78 is 17.2. The lowest BCUT2D eigenvalue weighted by molar-refractivity contribution is 0.0235. The van der Waals surface area contributed by atoms with Crippen LogP contribution in [0.3, 0.4) is 0 Å². The predicted octanol–water partition coefficient (Wildman–Crippen LogP) is 6.97. The van der Waals surface area contributed by atoms with E-state index in [0.29, 0.717) is 13.1 Å². The smallest absolute Gasteiger partial charge is 0.410 e. The number of ether oxygens (including phenoxy) is 3. The van der Waals surface area contributed by atoms with Gasteiger partial charge in [0, 0.05) is 13.1 Å². The van der Waals surface area contributed by atoms with E-state index in [1.165, 1.54) is 0 Å². The van der Waals surface area contributed by atoms with Crippen molar-refractivity contribution in [3.63, 3.8) is 0 Å². The molecule has 0 saturated carbocycles. The van der Waals surface area contributed by atoms with Crippen molar-refractivity contribution in [1.29, 1.82) is 0 Å². The maximum atomic E-state index is 12.7. The Morgan fingerprint density at radius 1 is 0.971 bits per heavy atom. The van der Waals surface area contributed by atoms with E-state index in [1.807, 2.05) is 80.3 Å². The molecule has 0 bridgehead atoms. The van der Waals surface area contributed by atoms with Crippen LogP contribution in [0.25, 0.3) is 11.1 Å². The van der Waals surface area contributed by atoms with Gasteiger partial charge in [-0.1, -0.05) is 36.4 Å². The number of rotatable bonds is 7. The Labute approximate surface area is 207 Å². The molecule has 1 saturated heterocycles. The van der Waals surface area contributed by atoms with Gasteiger partial charge in [0.25, 0.3) is 0 Å². The van der Waals surface area contributed by atoms with Crippen LogP contribution in [0.4, 0.5) is 10.5 Å². The predicted molar refractivity (Wildman–Crippen MR) is 139 cm³/mol. The van der Waals surface area contributed by atoms with Crippen LogP contribution in [-0.2, 0) is 4.74 Å². The van der Waals surface area contributed by atoms with Gasteiger partial charge in [-0.05, 0) is 81.1 Å². The minimum atomic E-state index is -0.510. The summed E-state index contributed by atoms with van der Waals surface area (Å²) in [6.07, 6.45) is 1.65. The monoisotopic (exact) mass is 474 g/mol. The van der Waals surface area contributed by atoms with Crippen LogP contribution in [-0.4, -0.2) is 42.8 Å². The Morgan fingerprint density at radius 2 is 1.69 bits per heavy atom. The lowest BCUT2D eigenvalue weighted by atomic mass is 10.0. The van der Waals surface area contributed by atoms with Gasteiger partial charge >= 0.3 is 6.09 Å². The SMILES string of the molecule is COc1ccc(Oc2cc(-c3ccccc3)ccc2NCC2CCCN2C(=O)OC(C)(C)C)cc1. The highest BCUT2D eigenvalue weighted by atomic mass is 16.6. The molecule has 6 heteroatoms. The Balaban J connectivity index is 1.54. The highest BCUT2D eigenvalue weighted by Gasteiger charge is 2.32. The molecule has 1 aliphatic heterocycles. The highest BCUT2D eigenvalue weighted by molar-refractivity contribution is 5.72. The van der Waals surface area contributed by atoms with Crippen molar-refractivity contribution < 1.29 is 19.0 Å². The van der Waals surface area contributed by atoms with E-state index in [4.69, 9.17) is 14.2 Å². The van der Waals surface area contributed by atoms with Crippen molar-refractivity contribution in [3.8, 4) is 28.4 Å². The Morgan fingerprint density at radius 3 is 2.37 bits per heavy atom. The molecule has 0 spiro atoms. The first-order valence-corrected chi connectivity index (χ1v) is 12.1. The van der Waals surface area contributed by atoms with E-state index in [9.17, 15) is 4.79 Å². The molecule has 0 radical (unpaired) electrons. The lowest BCUT2D eigenvalue weighted by Gasteiger charge is -2.29. The second-order valence-corrected chi connectivity index (χ2v) is 9.71. The van der Waals surface area contributed by atoms with E-state index in [2.05, 4.69) is 23.5 Å². The minimum absolute atomic E-state index is 0.0625. The Hall–Kier alpha value is -3.67. The second kappa shape index (κ2) is 10.7. The number of anilines is 1. The maximum absolute atomic E-state index is 12.7. The molecule has 35 heavy (non-hydrogen) atoms. The van der Waals surface area contributed by atoms with Gasteiger partial charge in [-0.15, -0.1) is 0 Å². The van der Waals surface area contributed by atoms with Crippen molar-refractivity contribution in [2.75, 3.05) is 25.5 Å². The molecule has 1 aliphatic rings. The standard InChI is InChI=1S/C29H34N2O4/c1-29(2,3)35-28(32)31-18-8-11-23(31)20-30-26-17-12-22(21-9-6-5-7-10-21)19-27(26)34-25-15-13-24(33-4)14-16-25/h5-7,9-10,12-17,19,23,30H,8,11,18,20H2,1-4H3. The Bertz CT molecular complexity index is 1120. The van der Waals surface area contributed by atoms with E-state index < -0.39 is 5.60 Å². The van der Waals surface area contributed by atoms with Crippen molar-refractivity contribution in [2.45, 2.75) is 45.3 Å². The summed E-state index contributed by atoms with van der Waals surface area (Å²) in [6.45, 7) is 7.01. The number of benzene rings is 3. The molecular formula is C29H34N2O4. The van der Waals surface area contributed by atoms with Crippen molar-refractivity contribution >= 4 is 11.8 Å². The van der Waals surface area contributed by atoms with Gasteiger partial charge in [0.15, 0.2) is 5.75 Å². The van der Waals surface area contributed by atoms with Gasteiger partial charge in [0.05, 0.1) is 18.8 Å². The molecular weight excluding hydrogens is 440 g/mol. The summed E-state index contributed by atoms with van der Waals surface area (Å²) in [4.78, 5) is 14.5. The highest BCUT2D eigenvalue weighted by Crippen LogP contribution is 2.35. The average Bonchev–Trinajstić information content (AvgIpc) is 3.32. The summed E-state index contributed by atoms with van der Waals surface area (Å²) in [7, 11) is 1.64. The number of amides is 1. The minimum Gasteiger partial charge on any atom is -0.497 e. The number of nitrogens with one attached hydrogen (secondary N) is 1. The lowest BCUT2D eigenvalue weighted by Crippen LogP contribution is -2.42. The molecule has 1 atom stereocenters. The maximum Gasteiger partial charge on any atom is 0.410 e. The molecule has 1 amide bonds. The summed E-state index contributed by atoms with van der Waals surface area (Å²) in [5.41, 5.74) is 2.54. The molecule has 0 aromatic heterocycles. The number of nitrogens with zero attached hydrogens (tertiary/aromatic N) is 1. The molecule has 1 fully saturated rings. The van der Waals surface area contributed by atoms with E-state index in [-0.39, 0.29) is 12.1 Å². The summed E-state index contributed by atoms with van der Waals surface area (Å²) in [6, 6.07) is 24.0. The molecule has 3 aromatic rings. The van der Waals surface area contributed by atoms with Crippen LogP contribution < -0.4 is 14.8 Å². The van der Waals surface area contributed by atoms with Gasteiger partial charge in [-0.2, -0.15) is 0 Å². The van der Waals surface area contributed by atoms with Gasteiger partial charge in [-0.25, -0.2) is 4.79 Å². The molecule has 6 nitrogen and oxygen atoms in total. The number of carbonyl (C=O) groups is 1. The number of carbonyl (C=O) groups excluding carboxylic acids is 1. The van der Waals surface area contributed by atoms with E-state index >= 15 is 0 Å². The van der Waals surface area contributed by atoms with Crippen LogP contribution >= 0.6 is 0 Å². The van der Waals surface area contributed by atoms with Crippen LogP contribution in [0, 0.1) is 0 Å². The van der Waals surface area contributed by atoms with Crippen LogP contribution in [0.15, 0.2) is 72.8 Å². The second-order valence-electron chi connectivity index (χ2n) is 9.71. The molecule has 1 N–H and O–H groups in total. The first kappa shape index (κ1) is 24.5. The third kappa shape index (κ3) is 6.47. The van der Waals surface area contributed by atoms with Crippen LogP contribution in [0.5, 0.6) is 17.2 Å². The zero-order valence-corrected chi connectivity index (χ0v) is 20.9. The fourth-order valence-corrected chi connectivity index (χ4v) is 4.17. The van der Waals surface area contributed by atoms with Crippen molar-refractivity contribution in [3.05, 3.63) is 72.8 Å². The van der Waals surface area contributed by atoms with Gasteiger partial charge in [0.1, 0.15) is 17.1 Å². The largest absolute Gasteiger partial charge is 0.497 e. The third-order valence-electron chi connectivity index (χ3n) is 5.91. The van der Waals surface area contributed by atoms with Gasteiger partial charge < -0.3 is 24.4 Å². The van der Waals surface area contributed by atoms with Crippen LogP contribution in [0.2, 0.25) is 0 Å². The fourth-order valence-electron chi connectivity index (χ4n) is 4.17. The third-order valence-corrected chi connectivity index (χ3v) is 5.91. The number of methoxy groups -OCH3 is 1. The summed E-state index contributed by atoms with van der Waals surface area (Å²) in [5, 5.41) is 3.53. The molecule has 0 aliphatic carbocycles. The Kier molecular flexibility index (Phi) is 7.49. The molecule has 3 aromatic carbocycles. The summed E-state index contributed by atoms with van der Waals surface area (Å²) >= 11 is 0. The van der Waals surface area contributed by atoms with Crippen molar-refractivity contribution in [2.24, 2.45) is 0 Å². The van der Waals surface area contributed by atoms with Gasteiger partial charge in [-0.3, -0.25) is 0 Å². The molecule has 1 unspecified atom stereocenters. The average molecular weight is 475 g/mol. The summed E-state index contributed by atoms with van der Waals surface area (Å²) in [5.74, 6) is 2.21. The normalized spacial score (nSPS) is 15.5. The number of likely N-dealkylation sites (tertiary alicyclic amines) is 1. The first-order chi connectivity index (χ1) is 16.8. The van der Waals surface area contributed by atoms with E-state index in [1.54, 1.807) is 7.11 Å². The number of hydrogen-bond donors (Lipinski definition) is 1. The number of hydrogen-bond acceptors (Lipinski definition) is 5. The molecule has 1 heterocycles. The van der Waals surface area contributed by atoms with E-state index in [0.717, 1.165) is 46.9 Å². The van der Waals surface area contributed by atoms with Crippen molar-refractivity contribution in [1.82, 2.24) is 4.90 Å². The molecule has 4 rings (SSSR count).